The summed E-state index contributed by atoms with van der Waals surface area (Å²) in [5.74, 6) is -0.786. The fourth-order valence-corrected chi connectivity index (χ4v) is 3.92. The molecule has 0 atom stereocenters. The molecule has 1 aromatic heterocycles. The molecular weight excluding hydrogens is 444 g/mol. The summed E-state index contributed by atoms with van der Waals surface area (Å²) in [4.78, 5) is 28.7. The van der Waals surface area contributed by atoms with E-state index in [1.54, 1.807) is 48.8 Å². The molecule has 3 rings (SSSR count). The molecule has 0 saturated carbocycles. The Balaban J connectivity index is 1.52. The number of sulfonamides is 1. The van der Waals surface area contributed by atoms with Crippen molar-refractivity contribution in [1.82, 2.24) is 20.1 Å². The predicted octanol–water partition coefficient (Wildman–Crippen LogP) is 2.05. The molecule has 10 heteroatoms. The lowest BCUT2D eigenvalue weighted by atomic mass is 10.2. The number of hydrazine groups is 1. The second kappa shape index (κ2) is 10.7. The molecule has 2 aromatic carbocycles. The zero-order valence-electron chi connectivity index (χ0n) is 18.2. The van der Waals surface area contributed by atoms with Crippen LogP contribution in [0, 0.1) is 6.92 Å². The molecule has 0 aliphatic heterocycles. The lowest BCUT2D eigenvalue weighted by molar-refractivity contribution is -0.121. The third kappa shape index (κ3) is 6.61. The van der Waals surface area contributed by atoms with Gasteiger partial charge in [0.2, 0.25) is 10.0 Å². The number of carbonyl (C=O) groups is 2. The zero-order valence-corrected chi connectivity index (χ0v) is 19.0. The van der Waals surface area contributed by atoms with Crippen LogP contribution in [0.2, 0.25) is 0 Å². The van der Waals surface area contributed by atoms with Gasteiger partial charge in [-0.3, -0.25) is 25.4 Å². The first-order valence-corrected chi connectivity index (χ1v) is 11.4. The SMILES string of the molecule is Cc1ccc(S(=O)(=O)N(C)CC(=O)NNC(=O)c2cccc(OCc3cccnc3)c2)cc1. The van der Waals surface area contributed by atoms with Crippen molar-refractivity contribution in [3.8, 4) is 5.75 Å². The summed E-state index contributed by atoms with van der Waals surface area (Å²) in [5.41, 5.74) is 6.57. The van der Waals surface area contributed by atoms with Crippen LogP contribution in [0.1, 0.15) is 21.5 Å². The molecule has 0 radical (unpaired) electrons. The number of pyridine rings is 1. The number of aromatic nitrogens is 1. The Labute approximate surface area is 192 Å². The molecule has 3 aromatic rings. The summed E-state index contributed by atoms with van der Waals surface area (Å²) < 4.78 is 31.7. The first-order chi connectivity index (χ1) is 15.8. The van der Waals surface area contributed by atoms with Crippen molar-refractivity contribution in [3.05, 3.63) is 89.7 Å². The second-order valence-corrected chi connectivity index (χ2v) is 9.30. The van der Waals surface area contributed by atoms with Gasteiger partial charge < -0.3 is 4.74 Å². The van der Waals surface area contributed by atoms with E-state index in [0.29, 0.717) is 5.75 Å². The third-order valence-corrected chi connectivity index (χ3v) is 6.45. The Hall–Kier alpha value is -3.76. The van der Waals surface area contributed by atoms with Crippen molar-refractivity contribution >= 4 is 21.8 Å². The van der Waals surface area contributed by atoms with Crippen molar-refractivity contribution in [2.24, 2.45) is 0 Å². The topological polar surface area (TPSA) is 118 Å². The molecule has 0 unspecified atom stereocenters. The fourth-order valence-electron chi connectivity index (χ4n) is 2.79. The fraction of sp³-hybridized carbons (Fsp3) is 0.174. The van der Waals surface area contributed by atoms with Crippen LogP contribution in [-0.2, 0) is 21.4 Å². The standard InChI is InChI=1S/C23H24N4O5S/c1-17-8-10-21(11-9-17)33(30,31)27(2)15-22(28)25-26-23(29)19-6-3-7-20(13-19)32-16-18-5-4-12-24-14-18/h3-14H,15-16H2,1-2H3,(H,25,28)(H,26,29). The smallest absolute Gasteiger partial charge is 0.269 e. The van der Waals surface area contributed by atoms with Crippen LogP contribution < -0.4 is 15.6 Å². The number of hydrogen-bond acceptors (Lipinski definition) is 6. The normalized spacial score (nSPS) is 11.1. The van der Waals surface area contributed by atoms with E-state index in [-0.39, 0.29) is 17.1 Å². The Bertz CT molecular complexity index is 1220. The number of carbonyl (C=O) groups excluding carboxylic acids is 2. The van der Waals surface area contributed by atoms with E-state index in [1.807, 2.05) is 13.0 Å². The molecule has 0 saturated heterocycles. The molecule has 0 bridgehead atoms. The molecule has 9 nitrogen and oxygen atoms in total. The summed E-state index contributed by atoms with van der Waals surface area (Å²) in [6.45, 7) is 1.67. The summed E-state index contributed by atoms with van der Waals surface area (Å²) >= 11 is 0. The average Bonchev–Trinajstić information content (AvgIpc) is 2.82. The van der Waals surface area contributed by atoms with Gasteiger partial charge in [-0.05, 0) is 43.3 Å². The van der Waals surface area contributed by atoms with Gasteiger partial charge in [-0.2, -0.15) is 4.31 Å². The van der Waals surface area contributed by atoms with Gasteiger partial charge in [-0.1, -0.05) is 29.8 Å². The molecule has 0 spiro atoms. The van der Waals surface area contributed by atoms with Crippen LogP contribution in [-0.4, -0.2) is 43.1 Å². The van der Waals surface area contributed by atoms with Crippen LogP contribution in [0.25, 0.3) is 0 Å². The maximum absolute atomic E-state index is 12.6. The van der Waals surface area contributed by atoms with Gasteiger partial charge in [-0.25, -0.2) is 8.42 Å². The average molecular weight is 469 g/mol. The quantitative estimate of drug-likeness (QED) is 0.489. The number of nitrogens with zero attached hydrogens (tertiary/aromatic N) is 2. The van der Waals surface area contributed by atoms with Gasteiger partial charge >= 0.3 is 0 Å². The molecule has 33 heavy (non-hydrogen) atoms. The van der Waals surface area contributed by atoms with Gasteiger partial charge in [0, 0.05) is 30.6 Å². The Kier molecular flexibility index (Phi) is 7.75. The van der Waals surface area contributed by atoms with E-state index >= 15 is 0 Å². The highest BCUT2D eigenvalue weighted by Crippen LogP contribution is 2.16. The summed E-state index contributed by atoms with van der Waals surface area (Å²) in [6.07, 6.45) is 3.35. The summed E-state index contributed by atoms with van der Waals surface area (Å²) in [7, 11) is -2.55. The first kappa shape index (κ1) is 23.9. The van der Waals surface area contributed by atoms with Crippen LogP contribution in [0.5, 0.6) is 5.75 Å². The van der Waals surface area contributed by atoms with Gasteiger partial charge in [0.15, 0.2) is 0 Å². The molecule has 2 amide bonds. The van der Waals surface area contributed by atoms with Crippen molar-refractivity contribution in [1.29, 1.82) is 0 Å². The van der Waals surface area contributed by atoms with Crippen molar-refractivity contribution in [2.75, 3.05) is 13.6 Å². The van der Waals surface area contributed by atoms with E-state index in [1.165, 1.54) is 25.2 Å². The van der Waals surface area contributed by atoms with Crippen molar-refractivity contribution < 1.29 is 22.7 Å². The van der Waals surface area contributed by atoms with Crippen LogP contribution >= 0.6 is 0 Å². The molecule has 2 N–H and O–H groups in total. The number of likely N-dealkylation sites (N-methyl/N-ethyl adjacent to an activating group) is 1. The Morgan fingerprint density at radius 3 is 2.48 bits per heavy atom. The minimum absolute atomic E-state index is 0.0792. The second-order valence-electron chi connectivity index (χ2n) is 7.25. The van der Waals surface area contributed by atoms with E-state index in [4.69, 9.17) is 4.74 Å². The number of nitrogens with one attached hydrogen (secondary N) is 2. The van der Waals surface area contributed by atoms with Crippen LogP contribution in [0.3, 0.4) is 0 Å². The first-order valence-electron chi connectivity index (χ1n) is 9.99. The van der Waals surface area contributed by atoms with Crippen molar-refractivity contribution in [3.63, 3.8) is 0 Å². The van der Waals surface area contributed by atoms with Crippen LogP contribution in [0.15, 0.2) is 78.0 Å². The monoisotopic (exact) mass is 468 g/mol. The summed E-state index contributed by atoms with van der Waals surface area (Å²) in [5, 5.41) is 0. The minimum Gasteiger partial charge on any atom is -0.489 e. The third-order valence-electron chi connectivity index (χ3n) is 4.64. The lowest BCUT2D eigenvalue weighted by Gasteiger charge is -2.17. The maximum Gasteiger partial charge on any atom is 0.269 e. The molecule has 0 aliphatic rings. The number of benzene rings is 2. The molecular formula is C23H24N4O5S. The van der Waals surface area contributed by atoms with E-state index in [9.17, 15) is 18.0 Å². The Morgan fingerprint density at radius 1 is 1.03 bits per heavy atom. The zero-order chi connectivity index (χ0) is 23.8. The van der Waals surface area contributed by atoms with E-state index in [2.05, 4.69) is 15.8 Å². The highest BCUT2D eigenvalue weighted by molar-refractivity contribution is 7.89. The largest absolute Gasteiger partial charge is 0.489 e. The molecule has 172 valence electrons. The number of ether oxygens (including phenoxy) is 1. The van der Waals surface area contributed by atoms with Gasteiger partial charge in [0.1, 0.15) is 12.4 Å². The molecule has 0 aliphatic carbocycles. The predicted molar refractivity (Wildman–Crippen MR) is 122 cm³/mol. The number of aryl methyl sites for hydroxylation is 1. The maximum atomic E-state index is 12.6. The highest BCUT2D eigenvalue weighted by atomic mass is 32.2. The Morgan fingerprint density at radius 2 is 1.79 bits per heavy atom. The minimum atomic E-state index is -3.84. The summed E-state index contributed by atoms with van der Waals surface area (Å²) in [6, 6.07) is 16.4. The van der Waals surface area contributed by atoms with Gasteiger partial charge in [0.25, 0.3) is 11.8 Å². The van der Waals surface area contributed by atoms with Gasteiger partial charge in [-0.15, -0.1) is 0 Å². The highest BCUT2D eigenvalue weighted by Gasteiger charge is 2.23. The molecule has 1 heterocycles. The van der Waals surface area contributed by atoms with Crippen LogP contribution in [0.4, 0.5) is 0 Å². The molecule has 0 fully saturated rings. The van der Waals surface area contributed by atoms with E-state index < -0.39 is 28.4 Å². The lowest BCUT2D eigenvalue weighted by Crippen LogP contribution is -2.46. The van der Waals surface area contributed by atoms with Crippen molar-refractivity contribution in [2.45, 2.75) is 18.4 Å². The van der Waals surface area contributed by atoms with E-state index in [0.717, 1.165) is 15.4 Å². The number of rotatable bonds is 8. The number of hydrogen-bond donors (Lipinski definition) is 2. The number of amides is 2. The van der Waals surface area contributed by atoms with Gasteiger partial charge in [0.05, 0.1) is 11.4 Å².